The molecule has 354 valence electrons. The number of hydrogen-bond acceptors (Lipinski definition) is 11. The predicted molar refractivity (Wildman–Crippen MR) is 261 cm³/mol. The molecule has 2 atom stereocenters. The lowest BCUT2D eigenvalue weighted by Gasteiger charge is -2.30. The zero-order valence-electron chi connectivity index (χ0n) is 38.1. The van der Waals surface area contributed by atoms with Crippen molar-refractivity contribution >= 4 is 25.8 Å². The lowest BCUT2D eigenvalue weighted by atomic mass is 9.93. The molecule has 0 bridgehead atoms. The van der Waals surface area contributed by atoms with Gasteiger partial charge in [-0.1, -0.05) is 188 Å². The summed E-state index contributed by atoms with van der Waals surface area (Å²) in [6.07, 6.45) is -0.752. The van der Waals surface area contributed by atoms with E-state index >= 15 is 0 Å². The third-order valence-corrected chi connectivity index (χ3v) is 12.0. The van der Waals surface area contributed by atoms with Crippen LogP contribution in [0, 0.1) is 0 Å². The standard InChI is InChI=1S/C55H54N3O10P/c1-55(53(60)64-38-44-24-12-4-13-25-44,58-57-52(59)49(34-42-20-8-2-9-21-42)56-54(61)65-39-45-26-14-5-15-27-45)36-48-32-33-50(51(35-48)63-37-43-22-10-3-11-23-43)68-69(62,66-40-46-28-16-6-17-29-46)67-41-47-30-18-7-19-31-47/h2-33,35,49,58H,34,36-41H2,1H3,(H,56,61)(H,57,59)/t49-,55-/m0/s1. The van der Waals surface area contributed by atoms with E-state index < -0.39 is 37.4 Å². The van der Waals surface area contributed by atoms with Crippen molar-refractivity contribution in [2.75, 3.05) is 0 Å². The molecule has 0 aliphatic heterocycles. The van der Waals surface area contributed by atoms with E-state index in [9.17, 15) is 18.9 Å². The van der Waals surface area contributed by atoms with Gasteiger partial charge in [0, 0.05) is 12.8 Å². The minimum absolute atomic E-state index is 0.00419. The number of ether oxygens (including phenoxy) is 3. The minimum Gasteiger partial charge on any atom is -0.485 e. The van der Waals surface area contributed by atoms with Gasteiger partial charge in [-0.3, -0.25) is 19.3 Å². The average Bonchev–Trinajstić information content (AvgIpc) is 3.39. The van der Waals surface area contributed by atoms with Gasteiger partial charge in [-0.25, -0.2) is 19.6 Å². The highest BCUT2D eigenvalue weighted by atomic mass is 31.2. The number of carbonyl (C=O) groups excluding carboxylic acids is 3. The van der Waals surface area contributed by atoms with Crippen molar-refractivity contribution in [2.45, 2.75) is 64.4 Å². The van der Waals surface area contributed by atoms with Gasteiger partial charge in [0.15, 0.2) is 11.5 Å². The monoisotopic (exact) mass is 947 g/mol. The maximum Gasteiger partial charge on any atom is 0.530 e. The Bertz CT molecular complexity index is 2690. The Kier molecular flexibility index (Phi) is 17.9. The van der Waals surface area contributed by atoms with Gasteiger partial charge in [-0.05, 0) is 58.0 Å². The van der Waals surface area contributed by atoms with Gasteiger partial charge in [0.25, 0.3) is 5.91 Å². The van der Waals surface area contributed by atoms with E-state index in [0.717, 1.165) is 33.4 Å². The second-order valence-electron chi connectivity index (χ2n) is 16.2. The van der Waals surface area contributed by atoms with Crippen LogP contribution in [0.3, 0.4) is 0 Å². The summed E-state index contributed by atoms with van der Waals surface area (Å²) in [5, 5.41) is 2.69. The minimum atomic E-state index is -4.35. The van der Waals surface area contributed by atoms with Crippen LogP contribution in [-0.2, 0) is 78.6 Å². The molecule has 0 radical (unpaired) electrons. The van der Waals surface area contributed by atoms with Gasteiger partial charge in [-0.15, -0.1) is 0 Å². The first-order chi connectivity index (χ1) is 33.6. The number of carbonyl (C=O) groups is 3. The third kappa shape index (κ3) is 15.8. The lowest BCUT2D eigenvalue weighted by molar-refractivity contribution is -0.153. The number of nitrogens with one attached hydrogen (secondary N) is 3. The largest absolute Gasteiger partial charge is 0.530 e. The Morgan fingerprint density at radius 2 is 0.942 bits per heavy atom. The molecule has 3 N–H and O–H groups in total. The van der Waals surface area contributed by atoms with Crippen LogP contribution in [0.15, 0.2) is 200 Å². The fourth-order valence-electron chi connectivity index (χ4n) is 6.96. The molecule has 7 aromatic carbocycles. The van der Waals surface area contributed by atoms with Crippen LogP contribution in [0.1, 0.15) is 45.9 Å². The van der Waals surface area contributed by atoms with E-state index in [0.29, 0.717) is 5.56 Å². The fraction of sp³-hybridized carbons (Fsp3) is 0.182. The number of amides is 2. The van der Waals surface area contributed by atoms with E-state index in [1.54, 1.807) is 25.1 Å². The lowest BCUT2D eigenvalue weighted by Crippen LogP contribution is -2.62. The molecule has 0 fully saturated rings. The summed E-state index contributed by atoms with van der Waals surface area (Å²) in [5.41, 5.74) is 9.22. The molecular formula is C55H54N3O10P. The van der Waals surface area contributed by atoms with Gasteiger partial charge in [0.05, 0.1) is 13.2 Å². The molecule has 0 saturated heterocycles. The van der Waals surface area contributed by atoms with Crippen LogP contribution >= 0.6 is 7.82 Å². The zero-order valence-corrected chi connectivity index (χ0v) is 39.0. The van der Waals surface area contributed by atoms with E-state index in [-0.39, 0.29) is 57.4 Å². The molecule has 0 spiro atoms. The maximum absolute atomic E-state index is 14.6. The third-order valence-electron chi connectivity index (χ3n) is 10.7. The Morgan fingerprint density at radius 1 is 0.507 bits per heavy atom. The number of alkyl carbamates (subject to hydrolysis) is 1. The summed E-state index contributed by atoms with van der Waals surface area (Å²) in [6, 6.07) is 59.3. The van der Waals surface area contributed by atoms with Gasteiger partial charge in [-0.2, -0.15) is 0 Å². The fourth-order valence-corrected chi connectivity index (χ4v) is 8.15. The molecule has 14 heteroatoms. The first kappa shape index (κ1) is 49.4. The molecule has 0 unspecified atom stereocenters. The van der Waals surface area contributed by atoms with Crippen molar-refractivity contribution in [1.82, 2.24) is 16.2 Å². The van der Waals surface area contributed by atoms with Crippen molar-refractivity contribution in [3.63, 3.8) is 0 Å². The van der Waals surface area contributed by atoms with Crippen molar-refractivity contribution < 1.29 is 46.7 Å². The summed E-state index contributed by atoms with van der Waals surface area (Å²) in [4.78, 5) is 41.5. The molecule has 0 aromatic heterocycles. The van der Waals surface area contributed by atoms with Crippen LogP contribution in [0.2, 0.25) is 0 Å². The van der Waals surface area contributed by atoms with Crippen molar-refractivity contribution in [2.24, 2.45) is 0 Å². The zero-order chi connectivity index (χ0) is 48.2. The Hall–Kier alpha value is -7.54. The Labute approximate surface area is 402 Å². The van der Waals surface area contributed by atoms with Gasteiger partial charge < -0.3 is 24.1 Å². The topological polar surface area (TPSA) is 160 Å². The number of hydrazine groups is 1. The van der Waals surface area contributed by atoms with Crippen molar-refractivity contribution in [3.05, 3.63) is 239 Å². The van der Waals surface area contributed by atoms with Crippen LogP contribution in [0.4, 0.5) is 4.79 Å². The van der Waals surface area contributed by atoms with Gasteiger partial charge in [0.2, 0.25) is 0 Å². The number of phosphoric acid groups is 1. The van der Waals surface area contributed by atoms with Gasteiger partial charge in [0.1, 0.15) is 31.4 Å². The average molecular weight is 948 g/mol. The molecule has 69 heavy (non-hydrogen) atoms. The molecule has 0 aliphatic rings. The highest BCUT2D eigenvalue weighted by Crippen LogP contribution is 2.53. The number of benzene rings is 7. The quantitative estimate of drug-likeness (QED) is 0.0301. The molecule has 0 saturated carbocycles. The van der Waals surface area contributed by atoms with E-state index in [1.165, 1.54) is 0 Å². The van der Waals surface area contributed by atoms with Crippen LogP contribution in [0.5, 0.6) is 11.5 Å². The summed E-state index contributed by atoms with van der Waals surface area (Å²) in [7, 11) is -4.35. The summed E-state index contributed by atoms with van der Waals surface area (Å²) < 4.78 is 50.4. The van der Waals surface area contributed by atoms with Crippen LogP contribution < -0.4 is 25.4 Å². The van der Waals surface area contributed by atoms with Crippen molar-refractivity contribution in [1.29, 1.82) is 0 Å². The number of hydrogen-bond donors (Lipinski definition) is 3. The smallest absolute Gasteiger partial charge is 0.485 e. The summed E-state index contributed by atoms with van der Waals surface area (Å²) in [6.45, 7) is 1.51. The van der Waals surface area contributed by atoms with Gasteiger partial charge >= 0.3 is 19.9 Å². The highest BCUT2D eigenvalue weighted by Gasteiger charge is 2.38. The molecule has 13 nitrogen and oxygen atoms in total. The molecule has 0 heterocycles. The summed E-state index contributed by atoms with van der Waals surface area (Å²) in [5.74, 6) is -1.10. The van der Waals surface area contributed by atoms with Crippen molar-refractivity contribution in [3.8, 4) is 11.5 Å². The normalized spacial score (nSPS) is 12.4. The second-order valence-corrected chi connectivity index (χ2v) is 17.8. The van der Waals surface area contributed by atoms with E-state index in [4.69, 9.17) is 27.8 Å². The second kappa shape index (κ2) is 25.0. The Balaban J connectivity index is 1.15. The van der Waals surface area contributed by atoms with Crippen LogP contribution in [0.25, 0.3) is 0 Å². The Morgan fingerprint density at radius 3 is 1.43 bits per heavy atom. The molecule has 0 aliphatic carbocycles. The SMILES string of the molecule is C[C@@](Cc1ccc(OP(=O)(OCc2ccccc2)OCc2ccccc2)c(OCc2ccccc2)c1)(NNC(=O)[C@H](Cc1ccccc1)NC(=O)OCc1ccccc1)C(=O)OCc1ccccc1. The maximum atomic E-state index is 14.6. The van der Waals surface area contributed by atoms with Crippen LogP contribution in [-0.4, -0.2) is 29.6 Å². The summed E-state index contributed by atoms with van der Waals surface area (Å²) >= 11 is 0. The molecular weight excluding hydrogens is 894 g/mol. The number of rotatable bonds is 24. The predicted octanol–water partition coefficient (Wildman–Crippen LogP) is 10.4. The first-order valence-electron chi connectivity index (χ1n) is 22.4. The van der Waals surface area contributed by atoms with E-state index in [2.05, 4.69) is 16.2 Å². The number of esters is 1. The molecule has 7 rings (SSSR count). The van der Waals surface area contributed by atoms with E-state index in [1.807, 2.05) is 182 Å². The first-order valence-corrected chi connectivity index (χ1v) is 23.8. The molecule has 7 aromatic rings. The highest BCUT2D eigenvalue weighted by molar-refractivity contribution is 7.48. The number of phosphoric ester groups is 1. The molecule has 2 amide bonds.